The monoisotopic (exact) mass is 222 g/mol. The van der Waals surface area contributed by atoms with E-state index in [-0.39, 0.29) is 0 Å². The first-order valence-electron chi connectivity index (χ1n) is 6.02. The van der Waals surface area contributed by atoms with Crippen LogP contribution in [0.25, 0.3) is 0 Å². The van der Waals surface area contributed by atoms with Gasteiger partial charge in [0.2, 0.25) is 0 Å². The molecule has 0 heterocycles. The molecule has 0 radical (unpaired) electrons. The molecular weight excluding hydrogens is 204 g/mol. The van der Waals surface area contributed by atoms with Crippen molar-refractivity contribution in [1.82, 2.24) is 0 Å². The second kappa shape index (κ2) is 5.03. The Labute approximate surface area is 97.6 Å². The lowest BCUT2D eigenvalue weighted by Crippen LogP contribution is -2.01. The first-order chi connectivity index (χ1) is 7.35. The molecule has 0 aromatic heterocycles. The fourth-order valence-corrected chi connectivity index (χ4v) is 2.86. The lowest BCUT2D eigenvalue weighted by Gasteiger charge is -2.14. The summed E-state index contributed by atoms with van der Waals surface area (Å²) in [6.07, 6.45) is 6.30. The molecule has 82 valence electrons. The average Bonchev–Trinajstić information content (AvgIpc) is 2.72. The highest BCUT2D eigenvalue weighted by atomic mass is 35.5. The number of fused-ring (bicyclic) bond motifs is 1. The second-order valence-electron chi connectivity index (χ2n) is 4.52. The second-order valence-corrected chi connectivity index (χ2v) is 4.83. The molecule has 1 aromatic rings. The van der Waals surface area contributed by atoms with Crippen LogP contribution in [0.2, 0.25) is 0 Å². The van der Waals surface area contributed by atoms with Crippen LogP contribution >= 0.6 is 11.6 Å². The fourth-order valence-electron chi connectivity index (χ4n) is 2.53. The van der Waals surface area contributed by atoms with Gasteiger partial charge in [-0.1, -0.05) is 31.5 Å². The van der Waals surface area contributed by atoms with Gasteiger partial charge in [0.25, 0.3) is 0 Å². The molecule has 15 heavy (non-hydrogen) atoms. The van der Waals surface area contributed by atoms with Crippen molar-refractivity contribution < 1.29 is 0 Å². The lowest BCUT2D eigenvalue weighted by molar-refractivity contribution is 0.669. The fraction of sp³-hybridized carbons (Fsp3) is 0.571. The van der Waals surface area contributed by atoms with Crippen molar-refractivity contribution >= 4 is 11.6 Å². The molecule has 1 atom stereocenters. The Balaban J connectivity index is 2.20. The van der Waals surface area contributed by atoms with Crippen molar-refractivity contribution in [3.8, 4) is 0 Å². The number of rotatable bonds is 4. The van der Waals surface area contributed by atoms with Crippen LogP contribution in [0.3, 0.4) is 0 Å². The van der Waals surface area contributed by atoms with Crippen LogP contribution in [0.4, 0.5) is 0 Å². The van der Waals surface area contributed by atoms with E-state index < -0.39 is 0 Å². The normalized spacial score (nSPS) is 16.4. The minimum atomic E-state index is 0.558. The minimum absolute atomic E-state index is 0.558. The quantitative estimate of drug-likeness (QED) is 0.667. The van der Waals surface area contributed by atoms with E-state index in [9.17, 15) is 0 Å². The van der Waals surface area contributed by atoms with Crippen molar-refractivity contribution in [1.29, 1.82) is 0 Å². The van der Waals surface area contributed by atoms with Crippen molar-refractivity contribution in [2.45, 2.75) is 44.9 Å². The summed E-state index contributed by atoms with van der Waals surface area (Å²) < 4.78 is 0. The molecule has 0 saturated carbocycles. The van der Waals surface area contributed by atoms with Gasteiger partial charge >= 0.3 is 0 Å². The van der Waals surface area contributed by atoms with E-state index in [4.69, 9.17) is 11.6 Å². The van der Waals surface area contributed by atoms with Crippen molar-refractivity contribution in [2.75, 3.05) is 5.88 Å². The molecule has 1 aliphatic rings. The number of hydrogen-bond acceptors (Lipinski definition) is 0. The molecule has 1 unspecified atom stereocenters. The van der Waals surface area contributed by atoms with Gasteiger partial charge in [0, 0.05) is 5.88 Å². The average molecular weight is 223 g/mol. The highest BCUT2D eigenvalue weighted by Gasteiger charge is 2.14. The summed E-state index contributed by atoms with van der Waals surface area (Å²) >= 11 is 6.03. The molecule has 0 aliphatic heterocycles. The first-order valence-corrected chi connectivity index (χ1v) is 6.56. The third-order valence-electron chi connectivity index (χ3n) is 3.42. The summed E-state index contributed by atoms with van der Waals surface area (Å²) in [7, 11) is 0. The van der Waals surface area contributed by atoms with Crippen molar-refractivity contribution in [3.05, 3.63) is 34.9 Å². The Morgan fingerprint density at radius 1 is 1.27 bits per heavy atom. The van der Waals surface area contributed by atoms with Gasteiger partial charge in [0.1, 0.15) is 0 Å². The Kier molecular flexibility index (Phi) is 3.69. The zero-order valence-electron chi connectivity index (χ0n) is 9.43. The SMILES string of the molecule is CCCC(CCl)c1ccc2c(c1)CCC2. The van der Waals surface area contributed by atoms with Gasteiger partial charge in [-0.2, -0.15) is 0 Å². The summed E-state index contributed by atoms with van der Waals surface area (Å²) in [6, 6.07) is 6.99. The molecule has 0 amide bonds. The Hall–Kier alpha value is -0.490. The number of halogens is 1. The standard InChI is InChI=1S/C14H19Cl/c1-2-4-14(10-15)13-8-7-11-5-3-6-12(11)9-13/h7-9,14H,2-6,10H2,1H3. The molecule has 0 saturated heterocycles. The van der Waals surface area contributed by atoms with E-state index in [0.717, 1.165) is 5.88 Å². The maximum atomic E-state index is 6.03. The van der Waals surface area contributed by atoms with Crippen LogP contribution in [0.5, 0.6) is 0 Å². The van der Waals surface area contributed by atoms with Gasteiger partial charge in [-0.05, 0) is 48.3 Å². The Bertz CT molecular complexity index is 330. The number of alkyl halides is 1. The maximum Gasteiger partial charge on any atom is 0.0292 e. The molecule has 1 aromatic carbocycles. The molecule has 1 heteroatoms. The smallest absolute Gasteiger partial charge is 0.0292 e. The van der Waals surface area contributed by atoms with Crippen molar-refractivity contribution in [2.24, 2.45) is 0 Å². The molecule has 0 N–H and O–H groups in total. The van der Waals surface area contributed by atoms with E-state index in [1.165, 1.54) is 37.7 Å². The van der Waals surface area contributed by atoms with Crippen LogP contribution in [0.1, 0.15) is 48.8 Å². The molecule has 0 spiro atoms. The lowest BCUT2D eigenvalue weighted by atomic mass is 9.93. The predicted octanol–water partition coefficient (Wildman–Crippen LogP) is 4.30. The van der Waals surface area contributed by atoms with E-state index in [0.29, 0.717) is 5.92 Å². The van der Waals surface area contributed by atoms with Gasteiger partial charge < -0.3 is 0 Å². The number of aryl methyl sites for hydroxylation is 2. The third-order valence-corrected chi connectivity index (χ3v) is 3.79. The van der Waals surface area contributed by atoms with Crippen LogP contribution in [0.15, 0.2) is 18.2 Å². The van der Waals surface area contributed by atoms with Crippen LogP contribution in [-0.4, -0.2) is 5.88 Å². The third kappa shape index (κ3) is 2.36. The van der Waals surface area contributed by atoms with E-state index in [1.54, 1.807) is 11.1 Å². The van der Waals surface area contributed by atoms with E-state index in [1.807, 2.05) is 0 Å². The van der Waals surface area contributed by atoms with Crippen LogP contribution in [-0.2, 0) is 12.8 Å². The summed E-state index contributed by atoms with van der Waals surface area (Å²) in [5.74, 6) is 1.31. The van der Waals surface area contributed by atoms with E-state index >= 15 is 0 Å². The minimum Gasteiger partial charge on any atom is -0.126 e. The molecule has 0 fully saturated rings. The van der Waals surface area contributed by atoms with Crippen LogP contribution in [0, 0.1) is 0 Å². The first kappa shape index (κ1) is 11.0. The maximum absolute atomic E-state index is 6.03. The Morgan fingerprint density at radius 3 is 2.80 bits per heavy atom. The van der Waals surface area contributed by atoms with Gasteiger partial charge in [-0.25, -0.2) is 0 Å². The van der Waals surface area contributed by atoms with Gasteiger partial charge in [-0.3, -0.25) is 0 Å². The summed E-state index contributed by atoms with van der Waals surface area (Å²) in [6.45, 7) is 2.23. The van der Waals surface area contributed by atoms with Gasteiger partial charge in [0.15, 0.2) is 0 Å². The molecule has 2 rings (SSSR count). The topological polar surface area (TPSA) is 0 Å². The highest BCUT2D eigenvalue weighted by Crippen LogP contribution is 2.28. The predicted molar refractivity (Wildman–Crippen MR) is 66.8 cm³/mol. The molecule has 0 bridgehead atoms. The summed E-state index contributed by atoms with van der Waals surface area (Å²) in [5.41, 5.74) is 4.58. The van der Waals surface area contributed by atoms with Crippen LogP contribution < -0.4 is 0 Å². The number of hydrogen-bond donors (Lipinski definition) is 0. The molecule has 1 aliphatic carbocycles. The largest absolute Gasteiger partial charge is 0.126 e. The summed E-state index contributed by atoms with van der Waals surface area (Å²) in [4.78, 5) is 0. The van der Waals surface area contributed by atoms with Gasteiger partial charge in [0.05, 0.1) is 0 Å². The summed E-state index contributed by atoms with van der Waals surface area (Å²) in [5, 5.41) is 0. The molecular formula is C14H19Cl. The highest BCUT2D eigenvalue weighted by molar-refractivity contribution is 6.18. The zero-order valence-corrected chi connectivity index (χ0v) is 10.2. The van der Waals surface area contributed by atoms with Crippen molar-refractivity contribution in [3.63, 3.8) is 0 Å². The van der Waals surface area contributed by atoms with E-state index in [2.05, 4.69) is 25.1 Å². The zero-order chi connectivity index (χ0) is 10.7. The Morgan fingerprint density at radius 2 is 2.07 bits per heavy atom. The van der Waals surface area contributed by atoms with Gasteiger partial charge in [-0.15, -0.1) is 11.6 Å². The number of benzene rings is 1. The molecule has 0 nitrogen and oxygen atoms in total.